The minimum atomic E-state index is -1.82. The van der Waals surface area contributed by atoms with Crippen molar-refractivity contribution in [3.8, 4) is 0 Å². The second-order valence-corrected chi connectivity index (χ2v) is 3.73. The summed E-state index contributed by atoms with van der Waals surface area (Å²) in [6.45, 7) is 3.71. The second-order valence-electron chi connectivity index (χ2n) is 3.73. The fourth-order valence-corrected chi connectivity index (χ4v) is 1.38. The van der Waals surface area contributed by atoms with Gasteiger partial charge in [-0.1, -0.05) is 30.3 Å². The third-order valence-corrected chi connectivity index (χ3v) is 2.38. The molecule has 0 atom stereocenters. The average Bonchev–Trinajstić information content (AvgIpc) is 2.26. The Balaban J connectivity index is 0.000000209. The summed E-state index contributed by atoms with van der Waals surface area (Å²) in [5.41, 5.74) is 1.44. The number of hydrogen-bond donors (Lipinski definition) is 2. The first kappa shape index (κ1) is 13.2. The zero-order valence-corrected chi connectivity index (χ0v) is 9.37. The van der Waals surface area contributed by atoms with Crippen molar-refractivity contribution in [3.63, 3.8) is 0 Å². The molecule has 0 aliphatic carbocycles. The first-order valence-corrected chi connectivity index (χ1v) is 5.32. The lowest BCUT2D eigenvalue weighted by Crippen LogP contribution is -2.36. The number of carbonyl (C=O) groups is 2. The van der Waals surface area contributed by atoms with Gasteiger partial charge in [-0.15, -0.1) is 0 Å². The normalized spacial score (nSPS) is 14.1. The molecule has 5 heteroatoms. The molecular formula is C12H15NO4. The van der Waals surface area contributed by atoms with E-state index in [-0.39, 0.29) is 0 Å². The molecule has 0 unspecified atom stereocenters. The van der Waals surface area contributed by atoms with Gasteiger partial charge in [0.2, 0.25) is 0 Å². The van der Waals surface area contributed by atoms with E-state index >= 15 is 0 Å². The monoisotopic (exact) mass is 237 g/mol. The molecule has 1 aromatic rings. The molecule has 2 N–H and O–H groups in total. The van der Waals surface area contributed by atoms with Gasteiger partial charge in [0.15, 0.2) is 0 Å². The number of rotatable bonds is 2. The smallest absolute Gasteiger partial charge is 0.414 e. The summed E-state index contributed by atoms with van der Waals surface area (Å²) in [6, 6.07) is 10.7. The Kier molecular flexibility index (Phi) is 5.16. The van der Waals surface area contributed by atoms with Gasteiger partial charge in [0, 0.05) is 6.54 Å². The highest BCUT2D eigenvalue weighted by molar-refractivity contribution is 6.27. The van der Waals surface area contributed by atoms with Gasteiger partial charge in [-0.05, 0) is 25.1 Å². The van der Waals surface area contributed by atoms with Gasteiger partial charge in [0.05, 0.1) is 0 Å². The fraction of sp³-hybridized carbons (Fsp3) is 0.333. The molecular weight excluding hydrogens is 222 g/mol. The Bertz CT molecular complexity index is 361. The number of hydrogen-bond acceptors (Lipinski definition) is 3. The predicted molar refractivity (Wildman–Crippen MR) is 61.6 cm³/mol. The molecule has 0 radical (unpaired) electrons. The van der Waals surface area contributed by atoms with Gasteiger partial charge in [-0.2, -0.15) is 0 Å². The van der Waals surface area contributed by atoms with Crippen molar-refractivity contribution >= 4 is 11.9 Å². The number of likely N-dealkylation sites (tertiary alicyclic amines) is 1. The zero-order chi connectivity index (χ0) is 12.7. The summed E-state index contributed by atoms with van der Waals surface area (Å²) in [5.74, 6) is -3.65. The van der Waals surface area contributed by atoms with Crippen LogP contribution in [0.25, 0.3) is 0 Å². The highest BCUT2D eigenvalue weighted by Gasteiger charge is 2.12. The molecule has 5 nitrogen and oxygen atoms in total. The molecule has 0 amide bonds. The number of nitrogens with zero attached hydrogens (tertiary/aromatic N) is 1. The Morgan fingerprint density at radius 3 is 1.94 bits per heavy atom. The lowest BCUT2D eigenvalue weighted by molar-refractivity contribution is -0.159. The van der Waals surface area contributed by atoms with E-state index in [0.29, 0.717) is 0 Å². The molecule has 0 bridgehead atoms. The van der Waals surface area contributed by atoms with Crippen LogP contribution in [0, 0.1) is 0 Å². The van der Waals surface area contributed by atoms with Gasteiger partial charge in [0.25, 0.3) is 0 Å². The molecule has 1 fully saturated rings. The highest BCUT2D eigenvalue weighted by atomic mass is 16.4. The van der Waals surface area contributed by atoms with E-state index < -0.39 is 11.9 Å². The molecule has 2 rings (SSSR count). The number of carboxylic acid groups (broad SMARTS) is 2. The van der Waals surface area contributed by atoms with Gasteiger partial charge in [-0.3, -0.25) is 4.90 Å². The maximum absolute atomic E-state index is 9.10. The number of benzene rings is 1. The van der Waals surface area contributed by atoms with Crippen LogP contribution >= 0.6 is 0 Å². The molecule has 0 spiro atoms. The maximum Gasteiger partial charge on any atom is 0.414 e. The van der Waals surface area contributed by atoms with Crippen molar-refractivity contribution in [1.29, 1.82) is 0 Å². The Labute approximate surface area is 99.3 Å². The van der Waals surface area contributed by atoms with Crippen molar-refractivity contribution in [3.05, 3.63) is 35.9 Å². The topological polar surface area (TPSA) is 77.8 Å². The molecule has 1 heterocycles. The van der Waals surface area contributed by atoms with Crippen LogP contribution in [-0.4, -0.2) is 40.1 Å². The Morgan fingerprint density at radius 2 is 1.59 bits per heavy atom. The van der Waals surface area contributed by atoms with Crippen LogP contribution < -0.4 is 0 Å². The standard InChI is InChI=1S/C10H13N.C2H2O4/c1-2-5-10(6-3-1)9-11-7-4-8-11;3-1(4)2(5)6/h1-3,5-6H,4,7-9H2;(H,3,4)(H,5,6). The molecule has 17 heavy (non-hydrogen) atoms. The van der Waals surface area contributed by atoms with Crippen LogP contribution in [0.2, 0.25) is 0 Å². The van der Waals surface area contributed by atoms with Crippen LogP contribution in [-0.2, 0) is 16.1 Å². The fourth-order valence-electron chi connectivity index (χ4n) is 1.38. The molecule has 1 aromatic carbocycles. The van der Waals surface area contributed by atoms with E-state index in [1.165, 1.54) is 25.1 Å². The summed E-state index contributed by atoms with van der Waals surface area (Å²) in [5, 5.41) is 14.8. The SMILES string of the molecule is O=C(O)C(=O)O.c1ccc(CN2CCC2)cc1. The quantitative estimate of drug-likeness (QED) is 0.752. The lowest BCUT2D eigenvalue weighted by Gasteiger charge is -2.30. The van der Waals surface area contributed by atoms with Crippen molar-refractivity contribution in [2.45, 2.75) is 13.0 Å². The minimum absolute atomic E-state index is 1.14. The van der Waals surface area contributed by atoms with Crippen LogP contribution in [0.1, 0.15) is 12.0 Å². The maximum atomic E-state index is 9.10. The van der Waals surface area contributed by atoms with E-state index in [2.05, 4.69) is 35.2 Å². The highest BCUT2D eigenvalue weighted by Crippen LogP contribution is 2.11. The summed E-state index contributed by atoms with van der Waals surface area (Å²) in [7, 11) is 0. The largest absolute Gasteiger partial charge is 0.473 e. The molecule has 1 aliphatic rings. The summed E-state index contributed by atoms with van der Waals surface area (Å²) in [4.78, 5) is 20.7. The molecule has 1 aliphatic heterocycles. The second kappa shape index (κ2) is 6.65. The summed E-state index contributed by atoms with van der Waals surface area (Å²) >= 11 is 0. The first-order chi connectivity index (χ1) is 8.09. The van der Waals surface area contributed by atoms with Gasteiger partial charge >= 0.3 is 11.9 Å². The van der Waals surface area contributed by atoms with Crippen molar-refractivity contribution < 1.29 is 19.8 Å². The Morgan fingerprint density at radius 1 is 1.06 bits per heavy atom. The average molecular weight is 237 g/mol. The molecule has 0 aromatic heterocycles. The van der Waals surface area contributed by atoms with Crippen molar-refractivity contribution in [1.82, 2.24) is 4.90 Å². The van der Waals surface area contributed by atoms with Crippen LogP contribution in [0.5, 0.6) is 0 Å². The predicted octanol–water partition coefficient (Wildman–Crippen LogP) is 1.05. The molecule has 0 saturated carbocycles. The Hall–Kier alpha value is -1.88. The zero-order valence-electron chi connectivity index (χ0n) is 9.37. The summed E-state index contributed by atoms with van der Waals surface area (Å²) < 4.78 is 0. The van der Waals surface area contributed by atoms with Crippen molar-refractivity contribution in [2.24, 2.45) is 0 Å². The minimum Gasteiger partial charge on any atom is -0.473 e. The van der Waals surface area contributed by atoms with E-state index in [1.54, 1.807) is 0 Å². The van der Waals surface area contributed by atoms with E-state index in [4.69, 9.17) is 19.8 Å². The van der Waals surface area contributed by atoms with Crippen molar-refractivity contribution in [2.75, 3.05) is 13.1 Å². The van der Waals surface area contributed by atoms with Crippen LogP contribution in [0.4, 0.5) is 0 Å². The lowest BCUT2D eigenvalue weighted by atomic mass is 10.1. The summed E-state index contributed by atoms with van der Waals surface area (Å²) in [6.07, 6.45) is 1.38. The molecule has 1 saturated heterocycles. The van der Waals surface area contributed by atoms with E-state index in [9.17, 15) is 0 Å². The third kappa shape index (κ3) is 5.12. The number of aliphatic carboxylic acids is 2. The van der Waals surface area contributed by atoms with E-state index in [0.717, 1.165) is 6.54 Å². The van der Waals surface area contributed by atoms with Crippen LogP contribution in [0.15, 0.2) is 30.3 Å². The van der Waals surface area contributed by atoms with Gasteiger partial charge < -0.3 is 10.2 Å². The van der Waals surface area contributed by atoms with E-state index in [1.807, 2.05) is 0 Å². The third-order valence-electron chi connectivity index (χ3n) is 2.38. The van der Waals surface area contributed by atoms with Gasteiger partial charge in [0.1, 0.15) is 0 Å². The first-order valence-electron chi connectivity index (χ1n) is 5.32. The van der Waals surface area contributed by atoms with Gasteiger partial charge in [-0.25, -0.2) is 9.59 Å². The number of carboxylic acids is 2. The molecule has 92 valence electrons. The van der Waals surface area contributed by atoms with Crippen LogP contribution in [0.3, 0.4) is 0 Å².